The molecule has 0 radical (unpaired) electrons. The van der Waals surface area contributed by atoms with E-state index in [-0.39, 0.29) is 64.4 Å². The average molecular weight is 1540 g/mol. The van der Waals surface area contributed by atoms with Crippen molar-refractivity contribution >= 4 is 108 Å². The van der Waals surface area contributed by atoms with Crippen LogP contribution in [0.5, 0.6) is 0 Å². The molecule has 1 N–H and O–H groups in total. The maximum atomic E-state index is 14.0. The first-order valence-corrected chi connectivity index (χ1v) is 30.5. The number of esters is 2. The number of cyclic esters (lactones) is 2. The fraction of sp³-hybridized carbons (Fsp3) is 0.400. The van der Waals surface area contributed by atoms with Gasteiger partial charge < -0.3 is 0 Å². The number of carboxylic acid groups (broad SMARTS) is 1. The number of aliphatic hydroxyl groups excluding tert-OH is 1. The van der Waals surface area contributed by atoms with E-state index >= 15 is 0 Å². The van der Waals surface area contributed by atoms with Crippen LogP contribution in [0, 0.1) is 0 Å². The van der Waals surface area contributed by atoms with E-state index in [9.17, 15) is 60.2 Å². The fourth-order valence-corrected chi connectivity index (χ4v) is 14.8. The number of hydrogen-bond acceptors (Lipinski definition) is 15. The number of carbonyl (C=O) groups excluding carboxylic acids is 6. The van der Waals surface area contributed by atoms with E-state index in [1.165, 1.54) is 13.8 Å². The molecule has 0 bridgehead atoms. The predicted molar refractivity (Wildman–Crippen MR) is 212 cm³/mol. The monoisotopic (exact) mass is 1540 g/mol. The number of carbonyl (C=O) groups is 6. The topological polar surface area (TPSA) is 210 Å². The summed E-state index contributed by atoms with van der Waals surface area (Å²) in [5.41, 5.74) is 0. The molecular formula is C40H40Bi3F6KO15. The van der Waals surface area contributed by atoms with Crippen LogP contribution in [-0.2, 0) is 47.5 Å². The minimum Gasteiger partial charge on any atom is 1.00 e. The number of ether oxygens (including phenoxy) is 7. The number of benzene rings is 3. The Kier molecular flexibility index (Phi) is 22.8. The fourth-order valence-electron chi connectivity index (χ4n) is 5.70. The van der Waals surface area contributed by atoms with Crippen molar-refractivity contribution in [1.82, 2.24) is 0 Å². The Labute approximate surface area is 444 Å². The van der Waals surface area contributed by atoms with Crippen LogP contribution in [0.2, 0.25) is 0 Å². The zero-order chi connectivity index (χ0) is 47.5. The summed E-state index contributed by atoms with van der Waals surface area (Å²) in [6, 6.07) is 26.2. The molecule has 0 saturated carbocycles. The zero-order valence-corrected chi connectivity index (χ0v) is 49.5. The molecule has 3 fully saturated rings. The van der Waals surface area contributed by atoms with Gasteiger partial charge in [0.25, 0.3) is 0 Å². The van der Waals surface area contributed by atoms with E-state index < -0.39 is 165 Å². The van der Waals surface area contributed by atoms with Gasteiger partial charge in [-0.25, -0.2) is 0 Å². The smallest absolute Gasteiger partial charge is 1.00 e. The van der Waals surface area contributed by atoms with Crippen LogP contribution in [0.4, 0.5) is 40.7 Å². The Morgan fingerprint density at radius 2 is 1.12 bits per heavy atom. The minimum absolute atomic E-state index is 0. The van der Waals surface area contributed by atoms with Crippen molar-refractivity contribution in [3.05, 3.63) is 91.0 Å². The molecule has 6 rings (SSSR count). The number of aliphatic carboxylic acids is 1. The molecule has 65 heavy (non-hydrogen) atoms. The Morgan fingerprint density at radius 3 is 1.48 bits per heavy atom. The quantitative estimate of drug-likeness (QED) is 0.0789. The molecular weight excluding hydrogens is 1500 g/mol. The summed E-state index contributed by atoms with van der Waals surface area (Å²) in [5.74, 6) is -19.2. The minimum atomic E-state index is -4.38. The summed E-state index contributed by atoms with van der Waals surface area (Å²) in [6.45, 7) is 3.45. The van der Waals surface area contributed by atoms with Gasteiger partial charge in [0, 0.05) is 0 Å². The summed E-state index contributed by atoms with van der Waals surface area (Å²) < 4.78 is 116. The summed E-state index contributed by atoms with van der Waals surface area (Å²) >= 11 is -6.35. The third-order valence-electron chi connectivity index (χ3n) is 8.79. The molecule has 2 unspecified atom stereocenters. The van der Waals surface area contributed by atoms with Crippen molar-refractivity contribution in [3.63, 3.8) is 0 Å². The first kappa shape index (κ1) is 57.5. The van der Waals surface area contributed by atoms with Gasteiger partial charge in [-0.2, -0.15) is 0 Å². The van der Waals surface area contributed by atoms with Crippen LogP contribution in [0.15, 0.2) is 91.0 Å². The van der Waals surface area contributed by atoms with Gasteiger partial charge in [0.15, 0.2) is 0 Å². The van der Waals surface area contributed by atoms with Crippen LogP contribution in [0.3, 0.4) is 0 Å². The maximum Gasteiger partial charge on any atom is 1.00 e. The molecule has 25 heteroatoms. The number of alkyl halides is 6. The van der Waals surface area contributed by atoms with Crippen molar-refractivity contribution in [2.24, 2.45) is 0 Å². The van der Waals surface area contributed by atoms with Gasteiger partial charge in [0.05, 0.1) is 0 Å². The summed E-state index contributed by atoms with van der Waals surface area (Å²) in [6.07, 6.45) is -9.95. The van der Waals surface area contributed by atoms with Gasteiger partial charge in [-0.15, -0.1) is 0 Å². The molecule has 3 aliphatic heterocycles. The van der Waals surface area contributed by atoms with Crippen molar-refractivity contribution in [1.29, 1.82) is 0 Å². The third kappa shape index (κ3) is 16.4. The molecule has 3 aromatic carbocycles. The Hall–Kier alpha value is -1.77. The second-order valence-electron chi connectivity index (χ2n) is 14.0. The molecule has 3 heterocycles. The number of halogens is 6. The van der Waals surface area contributed by atoms with Crippen LogP contribution in [-0.4, -0.2) is 177 Å². The molecule has 3 saturated heterocycles. The average Bonchev–Trinajstić information content (AvgIpc) is 3.79. The number of rotatable bonds is 14. The largest absolute Gasteiger partial charge is 1.00 e. The van der Waals surface area contributed by atoms with E-state index in [1.54, 1.807) is 91.9 Å². The molecule has 0 aliphatic carbocycles. The molecule has 15 nitrogen and oxygen atoms in total. The van der Waals surface area contributed by atoms with Crippen molar-refractivity contribution in [3.8, 4) is 0 Å². The molecule has 0 spiro atoms. The standard InChI is InChI=1S/C9H11F2O6.C7H7F2O4.C6H5F2O5.3C6H5.3Bi.K.3H/c1-8(2)16-3-5(17-8)6(15-4-12)9(10,11)7(13)14;1-2-4-5(12-3-10)7(8,9)6(11)13-4;7-6(8)4(12-2-10)3(1-9)13-5(6)11;3*1-2-4-6-5-3-1;;;;;;;/h5-6H,3H2,1-2H3,(H,13,14);4-5H,2H2,1H3;3-4,9H,1H2;3*1-5H;;;;;;;/q;;;;;;;;;+1;;;/p-1/t5-,6-;4-,5?;3-,4?;;;;;;;;;;/m111........../s1. The second-order valence-corrected chi connectivity index (χ2v) is 28.4. The van der Waals surface area contributed by atoms with Crippen LogP contribution in [0.1, 0.15) is 27.2 Å². The Bertz CT molecular complexity index is 2000. The van der Waals surface area contributed by atoms with E-state index in [2.05, 4.69) is 9.47 Å². The van der Waals surface area contributed by atoms with Gasteiger partial charge in [0.2, 0.25) is 0 Å². The van der Waals surface area contributed by atoms with Gasteiger partial charge in [-0.1, -0.05) is 0 Å². The zero-order valence-electron chi connectivity index (χ0n) is 34.7. The molecule has 3 aliphatic rings. The first-order chi connectivity index (χ1) is 30.0. The van der Waals surface area contributed by atoms with Gasteiger partial charge in [-0.05, 0) is 0 Å². The third-order valence-corrected chi connectivity index (χ3v) is 19.8. The normalized spacial score (nSPS) is 22.8. The molecule has 3 aromatic rings. The number of hydrogen-bond donors (Lipinski definition) is 1. The number of carboxylic acids is 1. The number of aliphatic hydroxyl groups is 1. The van der Waals surface area contributed by atoms with Gasteiger partial charge in [-0.3, -0.25) is 0 Å². The Balaban J connectivity index is 0.000000258. The maximum absolute atomic E-state index is 14.0. The van der Waals surface area contributed by atoms with Crippen molar-refractivity contribution in [2.45, 2.75) is 87.4 Å². The molecule has 0 amide bonds. The van der Waals surface area contributed by atoms with E-state index in [0.717, 1.165) is 9.81 Å². The molecule has 0 aromatic heterocycles. The summed E-state index contributed by atoms with van der Waals surface area (Å²) in [7, 11) is 0. The van der Waals surface area contributed by atoms with Crippen LogP contribution >= 0.6 is 0 Å². The van der Waals surface area contributed by atoms with E-state index in [4.69, 9.17) is 28.8 Å². The molecule has 6 atom stereocenters. The van der Waals surface area contributed by atoms with Crippen LogP contribution in [0.25, 0.3) is 0 Å². The Morgan fingerprint density at radius 1 is 0.738 bits per heavy atom. The van der Waals surface area contributed by atoms with Gasteiger partial charge >= 0.3 is 450 Å². The summed E-state index contributed by atoms with van der Waals surface area (Å²) in [5, 5.41) is 19.7. The van der Waals surface area contributed by atoms with E-state index in [1.807, 2.05) is 6.07 Å². The molecule has 348 valence electrons. The van der Waals surface area contributed by atoms with Crippen LogP contribution < -0.4 is 66.3 Å². The SMILES string of the molecule is CC1(C)OC[C@H]([C@@H](O[C](=O)[BiH][c]2ccccc2)C(F)(F)C(=O)[O-])O1.CC[C@H]1OC(=O)C(F)(F)C1O[C](=O)[BiH][c]1ccccc1.O=[C](OC1[C@@H](CO)OC(=O)C1(F)F)[BiH][c]1ccccc1.[K+]. The van der Waals surface area contributed by atoms with Gasteiger partial charge in [0.1, 0.15) is 0 Å². The second kappa shape index (κ2) is 25.7. The van der Waals surface area contributed by atoms with Crippen molar-refractivity contribution in [2.75, 3.05) is 13.2 Å². The first-order valence-electron chi connectivity index (χ1n) is 18.8. The predicted octanol–water partition coefficient (Wildman–Crippen LogP) is -2.17. The van der Waals surface area contributed by atoms with E-state index in [0.29, 0.717) is 0 Å². The summed E-state index contributed by atoms with van der Waals surface area (Å²) in [4.78, 5) is 68.3. The van der Waals surface area contributed by atoms with Crippen molar-refractivity contribution < 1.29 is 150 Å².